The van der Waals surface area contributed by atoms with E-state index >= 15 is 0 Å². The monoisotopic (exact) mass is 488 g/mol. The molecule has 3 rings (SSSR count). The number of benzene rings is 1. The number of hydrogen-bond donors (Lipinski definition) is 1. The number of esters is 1. The van der Waals surface area contributed by atoms with Gasteiger partial charge in [0.25, 0.3) is 0 Å². The molecule has 1 amide bonds. The van der Waals surface area contributed by atoms with E-state index in [0.717, 1.165) is 23.5 Å². The summed E-state index contributed by atoms with van der Waals surface area (Å²) in [5.74, 6) is 0.911. The molecule has 1 N–H and O–H groups in total. The number of methoxy groups -OCH3 is 1. The third-order valence-corrected chi connectivity index (χ3v) is 7.09. The first-order chi connectivity index (χ1) is 16.0. The summed E-state index contributed by atoms with van der Waals surface area (Å²) < 4.78 is 12.6. The van der Waals surface area contributed by atoms with Crippen LogP contribution in [0.25, 0.3) is 0 Å². The van der Waals surface area contributed by atoms with E-state index in [0.29, 0.717) is 28.1 Å². The number of hydrogen-bond acceptors (Lipinski definition) is 8. The topological polar surface area (TPSA) is 95.3 Å². The van der Waals surface area contributed by atoms with Gasteiger partial charge in [0.15, 0.2) is 11.0 Å². The zero-order valence-electron chi connectivity index (χ0n) is 19.2. The molecule has 2 heterocycles. The fourth-order valence-electron chi connectivity index (χ4n) is 3.08. The Balaban J connectivity index is 1.60. The Labute approximate surface area is 201 Å². The van der Waals surface area contributed by atoms with Crippen molar-refractivity contribution in [1.82, 2.24) is 14.8 Å². The maximum atomic E-state index is 12.6. The van der Waals surface area contributed by atoms with Crippen molar-refractivity contribution in [2.75, 3.05) is 18.2 Å². The van der Waals surface area contributed by atoms with E-state index < -0.39 is 5.97 Å². The van der Waals surface area contributed by atoms with Gasteiger partial charge in [0.1, 0.15) is 17.4 Å². The maximum Gasteiger partial charge on any atom is 0.340 e. The van der Waals surface area contributed by atoms with Gasteiger partial charge in [-0.3, -0.25) is 4.79 Å². The molecule has 0 saturated heterocycles. The predicted octanol–water partition coefficient (Wildman–Crippen LogP) is 4.58. The molecule has 3 aromatic rings. The van der Waals surface area contributed by atoms with Crippen LogP contribution in [0.3, 0.4) is 0 Å². The van der Waals surface area contributed by atoms with Gasteiger partial charge in [-0.15, -0.1) is 21.5 Å². The molecular weight excluding hydrogens is 460 g/mol. The number of aryl methyl sites for hydroxylation is 2. The van der Waals surface area contributed by atoms with Crippen LogP contribution in [-0.2, 0) is 35.5 Å². The minimum absolute atomic E-state index is 0.136. The van der Waals surface area contributed by atoms with Gasteiger partial charge < -0.3 is 19.4 Å². The summed E-state index contributed by atoms with van der Waals surface area (Å²) in [6.07, 6.45) is 1.75. The van der Waals surface area contributed by atoms with E-state index in [9.17, 15) is 9.59 Å². The molecule has 0 bridgehead atoms. The number of thioether (sulfide) groups is 1. The lowest BCUT2D eigenvalue weighted by atomic mass is 10.2. The first kappa shape index (κ1) is 24.8. The van der Waals surface area contributed by atoms with Gasteiger partial charge in [-0.25, -0.2) is 4.79 Å². The van der Waals surface area contributed by atoms with E-state index in [1.807, 2.05) is 42.7 Å². The molecule has 0 spiro atoms. The predicted molar refractivity (Wildman–Crippen MR) is 130 cm³/mol. The molecule has 0 radical (unpaired) electrons. The summed E-state index contributed by atoms with van der Waals surface area (Å²) in [5, 5.41) is 12.4. The molecule has 0 saturated carbocycles. The largest absolute Gasteiger partial charge is 0.486 e. The highest BCUT2D eigenvalue weighted by atomic mass is 32.2. The smallest absolute Gasteiger partial charge is 0.340 e. The fraction of sp³-hybridized carbons (Fsp3) is 0.391. The molecule has 0 aliphatic rings. The van der Waals surface area contributed by atoms with Crippen molar-refractivity contribution in [2.24, 2.45) is 0 Å². The lowest BCUT2D eigenvalue weighted by Gasteiger charge is -2.09. The number of nitrogens with one attached hydrogen (secondary N) is 1. The van der Waals surface area contributed by atoms with E-state index in [-0.39, 0.29) is 18.3 Å². The fourth-order valence-corrected chi connectivity index (χ4v) is 4.90. The minimum Gasteiger partial charge on any atom is -0.486 e. The van der Waals surface area contributed by atoms with Crippen LogP contribution >= 0.6 is 23.1 Å². The van der Waals surface area contributed by atoms with Crippen LogP contribution in [0.5, 0.6) is 5.75 Å². The number of amides is 1. The zero-order chi connectivity index (χ0) is 23.8. The molecule has 1 aromatic carbocycles. The standard InChI is InChI=1S/C23H28N4O4S2/c1-5-15-8-10-16(11-9-15)31-13-19-25-26-23(27(19)7-3)32-14-20(28)24-21-18(22(29)30-4)12-17(6-2)33-21/h8-12H,5-7,13-14H2,1-4H3,(H,24,28). The van der Waals surface area contributed by atoms with Crippen LogP contribution in [-0.4, -0.2) is 39.5 Å². The molecule has 0 atom stereocenters. The molecular formula is C23H28N4O4S2. The number of nitrogens with zero attached hydrogens (tertiary/aromatic N) is 3. The number of ether oxygens (including phenoxy) is 2. The Morgan fingerprint density at radius 3 is 2.52 bits per heavy atom. The second-order valence-electron chi connectivity index (χ2n) is 7.07. The molecule has 2 aromatic heterocycles. The Kier molecular flexibility index (Phi) is 8.90. The minimum atomic E-state index is -0.464. The number of carbonyl (C=O) groups excluding carboxylic acids is 2. The summed E-state index contributed by atoms with van der Waals surface area (Å²) in [4.78, 5) is 25.6. The Morgan fingerprint density at radius 1 is 1.12 bits per heavy atom. The first-order valence-electron chi connectivity index (χ1n) is 10.8. The van der Waals surface area contributed by atoms with Crippen LogP contribution in [0.2, 0.25) is 0 Å². The Hall–Kier alpha value is -2.85. The normalized spacial score (nSPS) is 10.8. The molecule has 8 nitrogen and oxygen atoms in total. The van der Waals surface area contributed by atoms with Crippen molar-refractivity contribution in [2.45, 2.75) is 51.9 Å². The summed E-state index contributed by atoms with van der Waals surface area (Å²) in [7, 11) is 1.33. The van der Waals surface area contributed by atoms with E-state index in [4.69, 9.17) is 9.47 Å². The highest BCUT2D eigenvalue weighted by Crippen LogP contribution is 2.29. The molecule has 0 aliphatic carbocycles. The maximum absolute atomic E-state index is 12.6. The molecule has 33 heavy (non-hydrogen) atoms. The van der Waals surface area contributed by atoms with Gasteiger partial charge in [0, 0.05) is 11.4 Å². The van der Waals surface area contributed by atoms with Crippen molar-refractivity contribution < 1.29 is 19.1 Å². The van der Waals surface area contributed by atoms with Crippen LogP contribution in [0, 0.1) is 0 Å². The van der Waals surface area contributed by atoms with Gasteiger partial charge >= 0.3 is 5.97 Å². The van der Waals surface area contributed by atoms with Gasteiger partial charge in [-0.2, -0.15) is 0 Å². The third kappa shape index (κ3) is 6.35. The molecule has 0 aliphatic heterocycles. The second kappa shape index (κ2) is 11.9. The van der Waals surface area contributed by atoms with Gasteiger partial charge in [0.05, 0.1) is 18.4 Å². The van der Waals surface area contributed by atoms with Crippen LogP contribution < -0.4 is 10.1 Å². The average Bonchev–Trinajstić information content (AvgIpc) is 3.44. The number of thiophene rings is 1. The summed E-state index contributed by atoms with van der Waals surface area (Å²) in [6, 6.07) is 9.74. The van der Waals surface area contributed by atoms with E-state index in [2.05, 4.69) is 22.4 Å². The second-order valence-corrected chi connectivity index (χ2v) is 9.15. The Morgan fingerprint density at radius 2 is 1.88 bits per heavy atom. The lowest BCUT2D eigenvalue weighted by molar-refractivity contribution is -0.113. The quantitative estimate of drug-likeness (QED) is 0.312. The van der Waals surface area contributed by atoms with Crippen molar-refractivity contribution >= 4 is 40.0 Å². The van der Waals surface area contributed by atoms with Crippen molar-refractivity contribution in [3.63, 3.8) is 0 Å². The average molecular weight is 489 g/mol. The van der Waals surface area contributed by atoms with Crippen LogP contribution in [0.1, 0.15) is 47.4 Å². The molecule has 0 fully saturated rings. The Bertz CT molecular complexity index is 1090. The van der Waals surface area contributed by atoms with E-state index in [1.54, 1.807) is 6.07 Å². The van der Waals surface area contributed by atoms with Gasteiger partial charge in [-0.1, -0.05) is 37.7 Å². The number of aromatic nitrogens is 3. The van der Waals surface area contributed by atoms with Crippen molar-refractivity contribution in [1.29, 1.82) is 0 Å². The third-order valence-electron chi connectivity index (χ3n) is 4.93. The van der Waals surface area contributed by atoms with Crippen molar-refractivity contribution in [3.8, 4) is 5.75 Å². The summed E-state index contributed by atoms with van der Waals surface area (Å²) >= 11 is 2.67. The van der Waals surface area contributed by atoms with Crippen LogP contribution in [0.4, 0.5) is 5.00 Å². The highest BCUT2D eigenvalue weighted by Gasteiger charge is 2.19. The summed E-state index contributed by atoms with van der Waals surface area (Å²) in [5.41, 5.74) is 1.63. The molecule has 176 valence electrons. The number of rotatable bonds is 11. The summed E-state index contributed by atoms with van der Waals surface area (Å²) in [6.45, 7) is 7.04. The number of carbonyl (C=O) groups is 2. The first-order valence-corrected chi connectivity index (χ1v) is 12.6. The van der Waals surface area contributed by atoms with Gasteiger partial charge in [0.2, 0.25) is 5.91 Å². The SMILES string of the molecule is CCc1ccc(OCc2nnc(SCC(=O)Nc3sc(CC)cc3C(=O)OC)n2CC)cc1. The number of anilines is 1. The highest BCUT2D eigenvalue weighted by molar-refractivity contribution is 7.99. The molecule has 0 unspecified atom stereocenters. The molecule has 10 heteroatoms. The zero-order valence-corrected chi connectivity index (χ0v) is 20.8. The lowest BCUT2D eigenvalue weighted by Crippen LogP contribution is -2.16. The van der Waals surface area contributed by atoms with E-state index in [1.165, 1.54) is 35.8 Å². The van der Waals surface area contributed by atoms with Gasteiger partial charge in [-0.05, 0) is 43.5 Å². The van der Waals surface area contributed by atoms with Crippen molar-refractivity contribution in [3.05, 3.63) is 52.2 Å². The van der Waals surface area contributed by atoms with Crippen LogP contribution in [0.15, 0.2) is 35.5 Å².